The van der Waals surface area contributed by atoms with E-state index in [1.807, 2.05) is 30.5 Å². The summed E-state index contributed by atoms with van der Waals surface area (Å²) >= 11 is 20.2. The predicted octanol–water partition coefficient (Wildman–Crippen LogP) is 5.84. The van der Waals surface area contributed by atoms with Gasteiger partial charge in [0.15, 0.2) is 5.16 Å². The Morgan fingerprint density at radius 1 is 1.10 bits per heavy atom. The van der Waals surface area contributed by atoms with Crippen molar-refractivity contribution < 1.29 is 0 Å². The molecule has 3 rings (SSSR count). The molecule has 0 bridgehead atoms. The molecule has 0 aliphatic rings. The summed E-state index contributed by atoms with van der Waals surface area (Å²) in [7, 11) is 0. The van der Waals surface area contributed by atoms with Crippen LogP contribution in [0.1, 0.15) is 11.1 Å². The van der Waals surface area contributed by atoms with E-state index in [-0.39, 0.29) is 0 Å². The number of hydrogen-bond acceptors (Lipinski definition) is 2. The van der Waals surface area contributed by atoms with Crippen molar-refractivity contribution in [2.24, 2.45) is 0 Å². The fourth-order valence-corrected chi connectivity index (χ4v) is 3.19. The zero-order chi connectivity index (χ0) is 15.0. The van der Waals surface area contributed by atoms with Gasteiger partial charge >= 0.3 is 0 Å². The van der Waals surface area contributed by atoms with E-state index in [1.54, 1.807) is 17.8 Å². The third kappa shape index (κ3) is 3.02. The molecule has 2 aromatic carbocycles. The Kier molecular flexibility index (Phi) is 4.36. The summed E-state index contributed by atoms with van der Waals surface area (Å²) in [6.07, 6.45) is 2.60. The van der Waals surface area contributed by atoms with Crippen LogP contribution in [0.15, 0.2) is 35.5 Å². The van der Waals surface area contributed by atoms with Crippen LogP contribution < -0.4 is 0 Å². The summed E-state index contributed by atoms with van der Waals surface area (Å²) in [5.41, 5.74) is 3.78. The zero-order valence-corrected chi connectivity index (χ0v) is 14.2. The number of benzene rings is 2. The maximum Gasteiger partial charge on any atom is 0.166 e. The maximum atomic E-state index is 6.36. The van der Waals surface area contributed by atoms with Gasteiger partial charge in [-0.15, -0.1) is 0 Å². The number of nitrogens with zero attached hydrogens (tertiary/aromatic N) is 1. The molecule has 1 heterocycles. The largest absolute Gasteiger partial charge is 0.333 e. The minimum Gasteiger partial charge on any atom is -0.333 e. The van der Waals surface area contributed by atoms with Crippen LogP contribution >= 0.6 is 46.6 Å². The fourth-order valence-electron chi connectivity index (χ4n) is 2.18. The summed E-state index contributed by atoms with van der Waals surface area (Å²) in [4.78, 5) is 7.71. The van der Waals surface area contributed by atoms with Crippen LogP contribution in [0.3, 0.4) is 0 Å². The molecule has 108 valence electrons. The van der Waals surface area contributed by atoms with E-state index >= 15 is 0 Å². The highest BCUT2D eigenvalue weighted by atomic mass is 35.5. The number of rotatable bonds is 3. The van der Waals surface area contributed by atoms with E-state index in [0.29, 0.717) is 21.5 Å². The molecule has 0 saturated heterocycles. The first-order valence-corrected chi connectivity index (χ1v) is 8.59. The predicted molar refractivity (Wildman–Crippen MR) is 92.2 cm³/mol. The van der Waals surface area contributed by atoms with Crippen LogP contribution in [0.25, 0.3) is 11.0 Å². The highest BCUT2D eigenvalue weighted by molar-refractivity contribution is 7.98. The number of fused-ring (bicyclic) bond motifs is 1. The quantitative estimate of drug-likeness (QED) is 0.597. The molecule has 0 unspecified atom stereocenters. The van der Waals surface area contributed by atoms with Gasteiger partial charge in [0.05, 0.1) is 21.1 Å². The van der Waals surface area contributed by atoms with E-state index in [2.05, 4.69) is 9.97 Å². The van der Waals surface area contributed by atoms with Gasteiger partial charge in [0, 0.05) is 11.4 Å². The standard InChI is InChI=1S/C15H11Cl3N2S/c1-21-15-19-12-6-9(11(17)7-13(12)20-15)5-8-3-2-4-10(16)14(8)18/h2-4,6-7H,5H2,1H3,(H,19,20). The molecule has 0 aliphatic carbocycles. The Bertz CT molecular complexity index is 814. The monoisotopic (exact) mass is 356 g/mol. The lowest BCUT2D eigenvalue weighted by Gasteiger charge is -2.08. The number of imidazole rings is 1. The van der Waals surface area contributed by atoms with Crippen molar-refractivity contribution >= 4 is 57.6 Å². The molecule has 0 saturated carbocycles. The van der Waals surface area contributed by atoms with Crippen LogP contribution in [-0.4, -0.2) is 16.2 Å². The van der Waals surface area contributed by atoms with Gasteiger partial charge in [-0.05, 0) is 35.6 Å². The van der Waals surface area contributed by atoms with Crippen LogP contribution in [0.4, 0.5) is 0 Å². The lowest BCUT2D eigenvalue weighted by Crippen LogP contribution is -1.91. The summed E-state index contributed by atoms with van der Waals surface area (Å²) in [5, 5.41) is 2.68. The first kappa shape index (κ1) is 15.0. The van der Waals surface area contributed by atoms with Crippen LogP contribution in [-0.2, 0) is 6.42 Å². The van der Waals surface area contributed by atoms with Crippen molar-refractivity contribution in [1.29, 1.82) is 0 Å². The van der Waals surface area contributed by atoms with Crippen LogP contribution in [0, 0.1) is 0 Å². The number of thioether (sulfide) groups is 1. The SMILES string of the molecule is CSc1nc2cc(Cl)c(Cc3cccc(Cl)c3Cl)cc2[nH]1. The van der Waals surface area contributed by atoms with Crippen molar-refractivity contribution in [3.63, 3.8) is 0 Å². The number of nitrogens with one attached hydrogen (secondary N) is 1. The number of halogens is 3. The first-order chi connectivity index (χ1) is 10.1. The summed E-state index contributed by atoms with van der Waals surface area (Å²) < 4.78 is 0. The smallest absolute Gasteiger partial charge is 0.166 e. The van der Waals surface area contributed by atoms with Gasteiger partial charge in [-0.25, -0.2) is 4.98 Å². The van der Waals surface area contributed by atoms with E-state index in [0.717, 1.165) is 27.3 Å². The van der Waals surface area contributed by atoms with Gasteiger partial charge in [-0.1, -0.05) is 58.7 Å². The highest BCUT2D eigenvalue weighted by Crippen LogP contribution is 2.31. The maximum absolute atomic E-state index is 6.36. The number of H-pyrrole nitrogens is 1. The van der Waals surface area contributed by atoms with Crippen molar-refractivity contribution in [2.75, 3.05) is 6.26 Å². The van der Waals surface area contributed by atoms with Gasteiger partial charge in [-0.2, -0.15) is 0 Å². The number of aromatic nitrogens is 2. The second-order valence-corrected chi connectivity index (χ2v) is 6.58. The summed E-state index contributed by atoms with van der Waals surface area (Å²) in [6.45, 7) is 0. The molecule has 0 fully saturated rings. The molecule has 1 aromatic heterocycles. The molecule has 3 aromatic rings. The first-order valence-electron chi connectivity index (χ1n) is 6.23. The Hall–Kier alpha value is -0.870. The summed E-state index contributed by atoms with van der Waals surface area (Å²) in [6, 6.07) is 9.51. The molecule has 21 heavy (non-hydrogen) atoms. The minimum atomic E-state index is 0.553. The second-order valence-electron chi connectivity index (χ2n) is 4.60. The van der Waals surface area contributed by atoms with Gasteiger partial charge in [0.1, 0.15) is 0 Å². The molecule has 0 spiro atoms. The highest BCUT2D eigenvalue weighted by Gasteiger charge is 2.11. The van der Waals surface area contributed by atoms with Gasteiger partial charge in [-0.3, -0.25) is 0 Å². The molecule has 0 amide bonds. The zero-order valence-electron chi connectivity index (χ0n) is 11.1. The average Bonchev–Trinajstić information content (AvgIpc) is 2.86. The van der Waals surface area contributed by atoms with E-state index in [9.17, 15) is 0 Å². The molecule has 1 N–H and O–H groups in total. The van der Waals surface area contributed by atoms with Gasteiger partial charge < -0.3 is 4.98 Å². The number of aromatic amines is 1. The molecule has 6 heteroatoms. The Labute approximate surface area is 141 Å². The molecular weight excluding hydrogens is 347 g/mol. The van der Waals surface area contributed by atoms with Crippen LogP contribution in [0.5, 0.6) is 0 Å². The normalized spacial score (nSPS) is 11.2. The molecule has 0 radical (unpaired) electrons. The topological polar surface area (TPSA) is 28.7 Å². The lowest BCUT2D eigenvalue weighted by atomic mass is 10.0. The molecule has 2 nitrogen and oxygen atoms in total. The third-order valence-corrected chi connectivity index (χ3v) is 5.02. The average molecular weight is 358 g/mol. The lowest BCUT2D eigenvalue weighted by molar-refractivity contribution is 1.09. The molecular formula is C15H11Cl3N2S. The van der Waals surface area contributed by atoms with Crippen molar-refractivity contribution in [3.05, 3.63) is 56.5 Å². The Balaban J connectivity index is 2.03. The Morgan fingerprint density at radius 2 is 1.90 bits per heavy atom. The van der Waals surface area contributed by atoms with Crippen molar-refractivity contribution in [1.82, 2.24) is 9.97 Å². The third-order valence-electron chi connectivity index (χ3n) is 3.23. The molecule has 0 atom stereocenters. The van der Waals surface area contributed by atoms with E-state index < -0.39 is 0 Å². The minimum absolute atomic E-state index is 0.553. The fraction of sp³-hybridized carbons (Fsp3) is 0.133. The van der Waals surface area contributed by atoms with Gasteiger partial charge in [0.25, 0.3) is 0 Å². The second kappa shape index (κ2) is 6.09. The van der Waals surface area contributed by atoms with E-state index in [4.69, 9.17) is 34.8 Å². The molecule has 0 aliphatic heterocycles. The van der Waals surface area contributed by atoms with Gasteiger partial charge in [0.2, 0.25) is 0 Å². The van der Waals surface area contributed by atoms with Crippen molar-refractivity contribution in [3.8, 4) is 0 Å². The summed E-state index contributed by atoms with van der Waals surface area (Å²) in [5.74, 6) is 0. The van der Waals surface area contributed by atoms with Crippen molar-refractivity contribution in [2.45, 2.75) is 11.6 Å². The number of hydrogen-bond donors (Lipinski definition) is 1. The Morgan fingerprint density at radius 3 is 2.67 bits per heavy atom. The van der Waals surface area contributed by atoms with E-state index in [1.165, 1.54) is 0 Å². The van der Waals surface area contributed by atoms with Crippen LogP contribution in [0.2, 0.25) is 15.1 Å².